The fraction of sp³-hybridized carbons (Fsp3) is 0.0857. The first kappa shape index (κ1) is 32.3. The van der Waals surface area contributed by atoms with Gasteiger partial charge in [-0.2, -0.15) is 0 Å². The van der Waals surface area contributed by atoms with Crippen molar-refractivity contribution in [2.24, 2.45) is 7.05 Å². The second kappa shape index (κ2) is 14.8. The highest BCUT2D eigenvalue weighted by Gasteiger charge is 2.19. The number of halogens is 1. The van der Waals surface area contributed by atoms with Gasteiger partial charge in [0.15, 0.2) is 0 Å². The summed E-state index contributed by atoms with van der Waals surface area (Å²) in [5, 5.41) is 8.32. The van der Waals surface area contributed by atoms with E-state index in [0.29, 0.717) is 22.6 Å². The van der Waals surface area contributed by atoms with Gasteiger partial charge in [-0.1, -0.05) is 64.5 Å². The lowest BCUT2D eigenvalue weighted by Gasteiger charge is -2.12. The lowest BCUT2D eigenvalue weighted by molar-refractivity contribution is -0.114. The number of benzene rings is 4. The number of rotatable bonds is 10. The maximum absolute atomic E-state index is 13.3. The van der Waals surface area contributed by atoms with Crippen LogP contribution in [0.1, 0.15) is 21.6 Å². The summed E-state index contributed by atoms with van der Waals surface area (Å²) < 4.78 is 4.11. The Morgan fingerprint density at radius 2 is 1.46 bits per heavy atom. The lowest BCUT2D eigenvalue weighted by atomic mass is 10.1. The minimum absolute atomic E-state index is 0.0776. The molecular formula is C35H30BrN5O4S. The van der Waals surface area contributed by atoms with Crippen LogP contribution in [0.15, 0.2) is 129 Å². The van der Waals surface area contributed by atoms with E-state index in [4.69, 9.17) is 0 Å². The summed E-state index contributed by atoms with van der Waals surface area (Å²) in [6, 6.07) is 32.2. The van der Waals surface area contributed by atoms with Gasteiger partial charge in [0.2, 0.25) is 5.91 Å². The van der Waals surface area contributed by atoms with Crippen molar-refractivity contribution < 1.29 is 14.4 Å². The third-order valence-electron chi connectivity index (χ3n) is 7.01. The number of nitrogens with zero attached hydrogens (tertiary/aromatic N) is 2. The molecule has 0 saturated carbocycles. The molecular weight excluding hydrogens is 666 g/mol. The van der Waals surface area contributed by atoms with E-state index in [1.165, 1.54) is 16.4 Å². The number of carbonyl (C=O) groups is 3. The van der Waals surface area contributed by atoms with Crippen LogP contribution in [0.4, 0.5) is 11.4 Å². The van der Waals surface area contributed by atoms with Crippen LogP contribution in [0.5, 0.6) is 0 Å². The molecule has 0 bridgehead atoms. The number of para-hydroxylation sites is 1. The first-order chi connectivity index (χ1) is 22.2. The molecule has 0 fully saturated rings. The van der Waals surface area contributed by atoms with Crippen molar-refractivity contribution in [3.05, 3.63) is 147 Å². The van der Waals surface area contributed by atoms with Crippen LogP contribution in [0.3, 0.4) is 0 Å². The van der Waals surface area contributed by atoms with Gasteiger partial charge in [0.25, 0.3) is 17.4 Å². The summed E-state index contributed by atoms with van der Waals surface area (Å²) in [6.45, 7) is 1.78. The molecule has 0 aliphatic carbocycles. The van der Waals surface area contributed by atoms with E-state index < -0.39 is 11.8 Å². The summed E-state index contributed by atoms with van der Waals surface area (Å²) in [6.07, 6.45) is 1.61. The molecule has 232 valence electrons. The van der Waals surface area contributed by atoms with E-state index in [-0.39, 0.29) is 28.6 Å². The largest absolute Gasteiger partial charge is 0.321 e. The van der Waals surface area contributed by atoms with Gasteiger partial charge in [0, 0.05) is 27.7 Å². The van der Waals surface area contributed by atoms with E-state index in [1.807, 2.05) is 60.7 Å². The van der Waals surface area contributed by atoms with Crippen molar-refractivity contribution in [1.29, 1.82) is 0 Å². The molecule has 0 atom stereocenters. The molecule has 0 aliphatic rings. The number of thioether (sulfide) groups is 1. The fourth-order valence-electron chi connectivity index (χ4n) is 4.54. The van der Waals surface area contributed by atoms with Crippen molar-refractivity contribution in [3.8, 4) is 5.69 Å². The monoisotopic (exact) mass is 695 g/mol. The van der Waals surface area contributed by atoms with Gasteiger partial charge in [0.1, 0.15) is 11.4 Å². The number of hydrogen-bond acceptors (Lipinski definition) is 5. The van der Waals surface area contributed by atoms with Gasteiger partial charge in [-0.15, -0.1) is 11.8 Å². The normalized spacial score (nSPS) is 11.2. The number of anilines is 2. The maximum Gasteiger partial charge on any atom is 0.295 e. The molecule has 0 spiro atoms. The van der Waals surface area contributed by atoms with Crippen LogP contribution in [0.25, 0.3) is 11.8 Å². The zero-order chi connectivity index (χ0) is 32.6. The Morgan fingerprint density at radius 1 is 0.826 bits per heavy atom. The fourth-order valence-corrected chi connectivity index (χ4v) is 5.50. The lowest BCUT2D eigenvalue weighted by Crippen LogP contribution is -2.30. The molecule has 11 heteroatoms. The molecule has 1 heterocycles. The Morgan fingerprint density at radius 3 is 2.11 bits per heavy atom. The highest BCUT2D eigenvalue weighted by molar-refractivity contribution is 9.10. The van der Waals surface area contributed by atoms with Crippen LogP contribution in [0.2, 0.25) is 0 Å². The van der Waals surface area contributed by atoms with E-state index in [1.54, 1.807) is 73.3 Å². The van der Waals surface area contributed by atoms with Crippen molar-refractivity contribution >= 4 is 62.9 Å². The number of hydrogen-bond donors (Lipinski definition) is 3. The van der Waals surface area contributed by atoms with Crippen LogP contribution in [-0.2, 0) is 16.6 Å². The zero-order valence-electron chi connectivity index (χ0n) is 25.0. The van der Waals surface area contributed by atoms with Gasteiger partial charge in [-0.25, -0.2) is 4.68 Å². The van der Waals surface area contributed by atoms with Crippen molar-refractivity contribution in [3.63, 3.8) is 0 Å². The second-order valence-electron chi connectivity index (χ2n) is 10.2. The summed E-state index contributed by atoms with van der Waals surface area (Å²) in [4.78, 5) is 52.9. The van der Waals surface area contributed by atoms with Crippen LogP contribution >= 0.6 is 27.7 Å². The number of amides is 3. The molecule has 4 aromatic carbocycles. The summed E-state index contributed by atoms with van der Waals surface area (Å²) >= 11 is 4.70. The average molecular weight is 697 g/mol. The zero-order valence-corrected chi connectivity index (χ0v) is 27.4. The summed E-state index contributed by atoms with van der Waals surface area (Å²) in [7, 11) is 1.77. The molecule has 5 rings (SSSR count). The second-order valence-corrected chi connectivity index (χ2v) is 12.1. The molecule has 1 aromatic heterocycles. The van der Waals surface area contributed by atoms with E-state index in [9.17, 15) is 19.2 Å². The molecule has 0 radical (unpaired) electrons. The molecule has 0 unspecified atom stereocenters. The van der Waals surface area contributed by atoms with Crippen molar-refractivity contribution in [2.45, 2.75) is 11.8 Å². The minimum Gasteiger partial charge on any atom is -0.321 e. The first-order valence-electron chi connectivity index (χ1n) is 14.2. The maximum atomic E-state index is 13.3. The SMILES string of the molecule is Cc1c(NC(=O)CSc2ccc(NC(=O)/C(=C/c3ccc(Br)cc3)NC(=O)c3ccccc3)cc2)c(=O)n(-c2ccccc2)n1C. The Balaban J connectivity index is 1.22. The number of nitrogens with one attached hydrogen (secondary N) is 3. The third-order valence-corrected chi connectivity index (χ3v) is 8.55. The predicted octanol–water partition coefficient (Wildman–Crippen LogP) is 6.39. The molecule has 46 heavy (non-hydrogen) atoms. The van der Waals surface area contributed by atoms with E-state index >= 15 is 0 Å². The quantitative estimate of drug-likeness (QED) is 0.116. The van der Waals surface area contributed by atoms with Crippen LogP contribution in [0, 0.1) is 6.92 Å². The summed E-state index contributed by atoms with van der Waals surface area (Å²) in [5.74, 6) is -1.14. The van der Waals surface area contributed by atoms with Crippen molar-refractivity contribution in [1.82, 2.24) is 14.7 Å². The highest BCUT2D eigenvalue weighted by atomic mass is 79.9. The topological polar surface area (TPSA) is 114 Å². The van der Waals surface area contributed by atoms with Gasteiger partial charge in [0.05, 0.1) is 17.1 Å². The van der Waals surface area contributed by atoms with E-state index in [0.717, 1.165) is 14.9 Å². The standard InChI is InChI=1S/C35H30BrN5O4S/c1-23-32(35(45)41(40(23)2)28-11-7-4-8-12-28)39-31(42)22-46-29-19-17-27(18-20-29)37-34(44)30(21-24-13-15-26(36)16-14-24)38-33(43)25-9-5-3-6-10-25/h3-21H,22H2,1-2H3,(H,37,44)(H,38,43)(H,39,42)/b30-21-. The van der Waals surface area contributed by atoms with Gasteiger partial charge in [-0.3, -0.25) is 23.9 Å². The molecule has 3 N–H and O–H groups in total. The molecule has 0 aliphatic heterocycles. The van der Waals surface area contributed by atoms with Gasteiger partial charge < -0.3 is 16.0 Å². The Hall–Kier alpha value is -5.13. The smallest absolute Gasteiger partial charge is 0.295 e. The Kier molecular flexibility index (Phi) is 10.4. The Bertz CT molecular complexity index is 1950. The molecule has 5 aromatic rings. The average Bonchev–Trinajstić information content (AvgIpc) is 3.28. The van der Waals surface area contributed by atoms with Gasteiger partial charge in [-0.05, 0) is 79.2 Å². The van der Waals surface area contributed by atoms with Crippen LogP contribution < -0.4 is 21.5 Å². The molecule has 0 saturated heterocycles. The summed E-state index contributed by atoms with van der Waals surface area (Å²) in [5.41, 5.74) is 3.02. The first-order valence-corrected chi connectivity index (χ1v) is 16.0. The highest BCUT2D eigenvalue weighted by Crippen LogP contribution is 2.22. The third kappa shape index (κ3) is 7.92. The predicted molar refractivity (Wildman–Crippen MR) is 186 cm³/mol. The van der Waals surface area contributed by atoms with Gasteiger partial charge >= 0.3 is 0 Å². The molecule has 3 amide bonds. The number of carbonyl (C=O) groups excluding carboxylic acids is 3. The number of aromatic nitrogens is 2. The van der Waals surface area contributed by atoms with Crippen molar-refractivity contribution in [2.75, 3.05) is 16.4 Å². The molecule has 9 nitrogen and oxygen atoms in total. The van der Waals surface area contributed by atoms with Crippen LogP contribution in [-0.4, -0.2) is 32.8 Å². The minimum atomic E-state index is -0.494. The van der Waals surface area contributed by atoms with E-state index in [2.05, 4.69) is 31.9 Å². The Labute approximate surface area is 278 Å².